The summed E-state index contributed by atoms with van der Waals surface area (Å²) in [7, 11) is 0. The van der Waals surface area contributed by atoms with Crippen molar-refractivity contribution in [2.45, 2.75) is 48.7 Å². The smallest absolute Gasteiger partial charge is 0.233 e. The van der Waals surface area contributed by atoms with Crippen LogP contribution in [0.25, 0.3) is 0 Å². The molecule has 22 heavy (non-hydrogen) atoms. The van der Waals surface area contributed by atoms with E-state index in [1.165, 1.54) is 22.9 Å². The molecule has 0 spiro atoms. The predicted octanol–water partition coefficient (Wildman–Crippen LogP) is 4.13. The van der Waals surface area contributed by atoms with Gasteiger partial charge < -0.3 is 5.32 Å². The molecular weight excluding hydrogens is 312 g/mol. The van der Waals surface area contributed by atoms with Crippen LogP contribution in [-0.2, 0) is 11.2 Å². The molecule has 1 aliphatic carbocycles. The minimum Gasteiger partial charge on any atom is -0.348 e. The topological polar surface area (TPSA) is 42.0 Å². The molecular formula is C17H20N2OS2. The average molecular weight is 332 g/mol. The number of amides is 1. The fraction of sp³-hybridized carbons (Fsp3) is 0.412. The summed E-state index contributed by atoms with van der Waals surface area (Å²) in [6.45, 7) is 3.93. The Morgan fingerprint density at radius 1 is 1.45 bits per heavy atom. The second-order valence-corrected chi connectivity index (χ2v) is 8.11. The first kappa shape index (κ1) is 15.6. The van der Waals surface area contributed by atoms with E-state index in [1.807, 2.05) is 19.2 Å². The van der Waals surface area contributed by atoms with E-state index in [2.05, 4.69) is 34.6 Å². The van der Waals surface area contributed by atoms with Crippen molar-refractivity contribution in [3.8, 4) is 0 Å². The standard InChI is InChI=1S/C17H20N2OS2/c1-11-10-21-17(18-11)22-12(2)16(20)19-15-9-5-7-13-6-3-4-8-14(13)15/h3-4,6,8,10,12,15H,5,7,9H2,1-2H3,(H,19,20). The highest BCUT2D eigenvalue weighted by Crippen LogP contribution is 2.31. The molecule has 116 valence electrons. The Hall–Kier alpha value is -1.33. The largest absolute Gasteiger partial charge is 0.348 e. The molecule has 1 aromatic heterocycles. The van der Waals surface area contributed by atoms with Crippen LogP contribution in [0.5, 0.6) is 0 Å². The second-order valence-electron chi connectivity index (χ2n) is 5.67. The highest BCUT2D eigenvalue weighted by molar-refractivity contribution is 8.02. The molecule has 1 aliphatic rings. The van der Waals surface area contributed by atoms with Crippen molar-refractivity contribution in [2.24, 2.45) is 0 Å². The van der Waals surface area contributed by atoms with Crippen molar-refractivity contribution >= 4 is 29.0 Å². The quantitative estimate of drug-likeness (QED) is 0.856. The van der Waals surface area contributed by atoms with Gasteiger partial charge in [-0.2, -0.15) is 0 Å². The van der Waals surface area contributed by atoms with Crippen LogP contribution in [0, 0.1) is 6.92 Å². The number of nitrogens with one attached hydrogen (secondary N) is 1. The van der Waals surface area contributed by atoms with E-state index in [1.54, 1.807) is 11.3 Å². The average Bonchev–Trinajstić information content (AvgIpc) is 2.92. The fourth-order valence-electron chi connectivity index (χ4n) is 2.78. The molecule has 0 bridgehead atoms. The molecule has 1 amide bonds. The zero-order chi connectivity index (χ0) is 15.5. The molecule has 0 radical (unpaired) electrons. The van der Waals surface area contributed by atoms with Crippen LogP contribution in [0.4, 0.5) is 0 Å². The van der Waals surface area contributed by atoms with Crippen molar-refractivity contribution < 1.29 is 4.79 Å². The number of aromatic nitrogens is 1. The zero-order valence-corrected chi connectivity index (χ0v) is 14.5. The number of benzene rings is 1. The Balaban J connectivity index is 1.64. The Bertz CT molecular complexity index is 668. The number of rotatable bonds is 4. The number of aryl methyl sites for hydroxylation is 2. The van der Waals surface area contributed by atoms with Gasteiger partial charge in [0.25, 0.3) is 0 Å². The fourth-order valence-corrected chi connectivity index (χ4v) is 4.78. The lowest BCUT2D eigenvalue weighted by Crippen LogP contribution is -2.35. The lowest BCUT2D eigenvalue weighted by Gasteiger charge is -2.27. The molecule has 2 unspecified atom stereocenters. The van der Waals surface area contributed by atoms with Gasteiger partial charge in [0, 0.05) is 11.1 Å². The molecule has 3 rings (SSSR count). The first-order valence-electron chi connectivity index (χ1n) is 7.60. The van der Waals surface area contributed by atoms with Crippen molar-refractivity contribution in [1.29, 1.82) is 0 Å². The summed E-state index contributed by atoms with van der Waals surface area (Å²) in [5, 5.41) is 5.11. The Morgan fingerprint density at radius 2 is 2.27 bits per heavy atom. The van der Waals surface area contributed by atoms with Gasteiger partial charge in [0.15, 0.2) is 4.34 Å². The van der Waals surface area contributed by atoms with Crippen molar-refractivity contribution in [3.63, 3.8) is 0 Å². The third kappa shape index (κ3) is 3.52. The van der Waals surface area contributed by atoms with Gasteiger partial charge in [-0.05, 0) is 44.2 Å². The minimum absolute atomic E-state index is 0.0968. The van der Waals surface area contributed by atoms with Crippen LogP contribution in [0.1, 0.15) is 42.6 Å². The van der Waals surface area contributed by atoms with Crippen LogP contribution in [0.2, 0.25) is 0 Å². The first-order valence-corrected chi connectivity index (χ1v) is 9.36. The maximum atomic E-state index is 12.5. The van der Waals surface area contributed by atoms with E-state index in [9.17, 15) is 4.79 Å². The van der Waals surface area contributed by atoms with Crippen LogP contribution in [0.15, 0.2) is 34.0 Å². The number of thioether (sulfide) groups is 1. The predicted molar refractivity (Wildman–Crippen MR) is 92.4 cm³/mol. The van der Waals surface area contributed by atoms with Crippen LogP contribution in [-0.4, -0.2) is 16.1 Å². The number of thiazole rings is 1. The molecule has 1 N–H and O–H groups in total. The third-order valence-corrected chi connectivity index (χ3v) is 6.12. The maximum absolute atomic E-state index is 12.5. The lowest BCUT2D eigenvalue weighted by atomic mass is 9.88. The summed E-state index contributed by atoms with van der Waals surface area (Å²) < 4.78 is 0.962. The highest BCUT2D eigenvalue weighted by Gasteiger charge is 2.24. The third-order valence-electron chi connectivity index (χ3n) is 3.93. The van der Waals surface area contributed by atoms with Gasteiger partial charge in [-0.3, -0.25) is 4.79 Å². The summed E-state index contributed by atoms with van der Waals surface area (Å²) in [6, 6.07) is 8.59. The monoisotopic (exact) mass is 332 g/mol. The Morgan fingerprint density at radius 3 is 3.05 bits per heavy atom. The molecule has 0 fully saturated rings. The minimum atomic E-state index is -0.125. The first-order chi connectivity index (χ1) is 10.6. The number of carbonyl (C=O) groups excluding carboxylic acids is 1. The van der Waals surface area contributed by atoms with E-state index < -0.39 is 0 Å². The summed E-state index contributed by atoms with van der Waals surface area (Å²) in [6.07, 6.45) is 3.27. The Kier molecular flexibility index (Phi) is 4.84. The Labute approximate surface area is 139 Å². The van der Waals surface area contributed by atoms with Crippen molar-refractivity contribution in [1.82, 2.24) is 10.3 Å². The van der Waals surface area contributed by atoms with E-state index >= 15 is 0 Å². The van der Waals surface area contributed by atoms with Crippen LogP contribution < -0.4 is 5.32 Å². The maximum Gasteiger partial charge on any atom is 0.233 e. The molecule has 2 atom stereocenters. The van der Waals surface area contributed by atoms with Crippen molar-refractivity contribution in [3.05, 3.63) is 46.5 Å². The molecule has 2 aromatic rings. The van der Waals surface area contributed by atoms with Gasteiger partial charge in [0.1, 0.15) is 0 Å². The van der Waals surface area contributed by atoms with E-state index in [0.29, 0.717) is 0 Å². The summed E-state index contributed by atoms with van der Waals surface area (Å²) in [5.74, 6) is 0.0968. The molecule has 1 heterocycles. The zero-order valence-electron chi connectivity index (χ0n) is 12.8. The summed E-state index contributed by atoms with van der Waals surface area (Å²) in [4.78, 5) is 16.9. The van der Waals surface area contributed by atoms with Gasteiger partial charge in [-0.15, -0.1) is 11.3 Å². The van der Waals surface area contributed by atoms with E-state index in [0.717, 1.165) is 29.3 Å². The number of carbonyl (C=O) groups is 1. The number of nitrogens with zero attached hydrogens (tertiary/aromatic N) is 1. The molecule has 0 aliphatic heterocycles. The van der Waals surface area contributed by atoms with Gasteiger partial charge >= 0.3 is 0 Å². The van der Waals surface area contributed by atoms with Gasteiger partial charge in [0.05, 0.1) is 11.3 Å². The number of fused-ring (bicyclic) bond motifs is 1. The summed E-state index contributed by atoms with van der Waals surface area (Å²) >= 11 is 3.14. The van der Waals surface area contributed by atoms with E-state index in [-0.39, 0.29) is 17.2 Å². The van der Waals surface area contributed by atoms with Gasteiger partial charge in [-0.25, -0.2) is 4.98 Å². The number of hydrogen-bond acceptors (Lipinski definition) is 4. The van der Waals surface area contributed by atoms with Gasteiger partial charge in [-0.1, -0.05) is 36.0 Å². The molecule has 5 heteroatoms. The highest BCUT2D eigenvalue weighted by atomic mass is 32.2. The molecule has 0 saturated heterocycles. The molecule has 1 aromatic carbocycles. The van der Waals surface area contributed by atoms with Crippen molar-refractivity contribution in [2.75, 3.05) is 0 Å². The normalized spacial score (nSPS) is 18.5. The SMILES string of the molecule is Cc1csc(SC(C)C(=O)NC2CCCc3ccccc32)n1. The summed E-state index contributed by atoms with van der Waals surface area (Å²) in [5.41, 5.74) is 3.67. The molecule has 3 nitrogen and oxygen atoms in total. The molecule has 0 saturated carbocycles. The van der Waals surface area contributed by atoms with Crippen LogP contribution >= 0.6 is 23.1 Å². The lowest BCUT2D eigenvalue weighted by molar-refractivity contribution is -0.121. The number of hydrogen-bond donors (Lipinski definition) is 1. The van der Waals surface area contributed by atoms with Crippen LogP contribution in [0.3, 0.4) is 0 Å². The second kappa shape index (κ2) is 6.84. The van der Waals surface area contributed by atoms with E-state index in [4.69, 9.17) is 0 Å². The van der Waals surface area contributed by atoms with Gasteiger partial charge in [0.2, 0.25) is 5.91 Å².